The molecule has 8 nitrogen and oxygen atoms in total. The number of carbonyl (C=O) groups is 2. The number of ether oxygens (including phenoxy) is 1. The van der Waals surface area contributed by atoms with Crippen molar-refractivity contribution in [2.75, 3.05) is 19.6 Å². The number of pyridine rings is 1. The van der Waals surface area contributed by atoms with Crippen LogP contribution in [0.5, 0.6) is 11.5 Å². The molecule has 3 N–H and O–H groups in total. The summed E-state index contributed by atoms with van der Waals surface area (Å²) in [6, 6.07) is 8.95. The molecule has 0 bridgehead atoms. The third-order valence-corrected chi connectivity index (χ3v) is 7.53. The number of aryl methyl sites for hydroxylation is 1. The molecule has 33 heavy (non-hydrogen) atoms. The highest BCUT2D eigenvalue weighted by atomic mass is 32.1. The molecule has 1 aliphatic rings. The van der Waals surface area contributed by atoms with E-state index in [1.807, 2.05) is 28.6 Å². The fraction of sp³-hybridized carbons (Fsp3) is 0.292. The molecule has 1 unspecified atom stereocenters. The molecule has 0 aliphatic carbocycles. The Kier molecular flexibility index (Phi) is 5.30. The van der Waals surface area contributed by atoms with E-state index < -0.39 is 5.97 Å². The molecule has 0 spiro atoms. The molecular formula is C24H24N4O4S. The fourth-order valence-electron chi connectivity index (χ4n) is 4.47. The van der Waals surface area contributed by atoms with Gasteiger partial charge in [0.15, 0.2) is 0 Å². The Morgan fingerprint density at radius 2 is 2.12 bits per heavy atom. The summed E-state index contributed by atoms with van der Waals surface area (Å²) in [5.41, 5.74) is 8.23. The first-order valence-corrected chi connectivity index (χ1v) is 11.6. The number of hydrogen-bond donors (Lipinski definition) is 2. The Bertz CT molecular complexity index is 1410. The molecule has 3 aromatic heterocycles. The van der Waals surface area contributed by atoms with Gasteiger partial charge in [0.1, 0.15) is 11.5 Å². The lowest BCUT2D eigenvalue weighted by Gasteiger charge is -2.14. The Morgan fingerprint density at radius 1 is 1.30 bits per heavy atom. The van der Waals surface area contributed by atoms with Crippen molar-refractivity contribution in [3.05, 3.63) is 52.7 Å². The first-order chi connectivity index (χ1) is 15.9. The normalized spacial score (nSPS) is 16.1. The molecule has 1 aliphatic heterocycles. The number of amides is 1. The van der Waals surface area contributed by atoms with Crippen molar-refractivity contribution in [1.82, 2.24) is 14.5 Å². The van der Waals surface area contributed by atoms with Crippen LogP contribution in [0.4, 0.5) is 0 Å². The zero-order valence-electron chi connectivity index (χ0n) is 18.4. The molecule has 5 rings (SSSR count). The lowest BCUT2D eigenvalue weighted by atomic mass is 10.1. The standard InChI is InChI=1S/C24H24N4O4S/c1-13-21(24(30)31)16-4-3-15(9-18(16)27(13)2)32-19-5-7-26-17-10-20(33-22(17)19)23(29)28-8-6-14(11-25)12-28/h3-5,7,9-10,14H,6,8,11-12,25H2,1-2H3,(H,30,31). The average Bonchev–Trinajstić information content (AvgIpc) is 3.51. The van der Waals surface area contributed by atoms with Gasteiger partial charge in [-0.05, 0) is 44.0 Å². The number of thiophene rings is 1. The van der Waals surface area contributed by atoms with E-state index in [1.54, 1.807) is 31.3 Å². The van der Waals surface area contributed by atoms with Crippen molar-refractivity contribution in [3.63, 3.8) is 0 Å². The Morgan fingerprint density at radius 3 is 2.85 bits per heavy atom. The Hall–Kier alpha value is -3.43. The number of nitrogens with two attached hydrogens (primary N) is 1. The summed E-state index contributed by atoms with van der Waals surface area (Å²) < 4.78 is 8.83. The molecule has 1 fully saturated rings. The highest BCUT2D eigenvalue weighted by Gasteiger charge is 2.27. The van der Waals surface area contributed by atoms with Crippen LogP contribution in [0, 0.1) is 12.8 Å². The summed E-state index contributed by atoms with van der Waals surface area (Å²) in [7, 11) is 1.84. The largest absolute Gasteiger partial charge is 0.478 e. The van der Waals surface area contributed by atoms with Crippen LogP contribution in [0.25, 0.3) is 21.1 Å². The average molecular weight is 465 g/mol. The number of benzene rings is 1. The van der Waals surface area contributed by atoms with E-state index in [0.29, 0.717) is 57.5 Å². The van der Waals surface area contributed by atoms with Gasteiger partial charge in [-0.1, -0.05) is 0 Å². The molecule has 9 heteroatoms. The fourth-order valence-corrected chi connectivity index (χ4v) is 5.50. The number of hydrogen-bond acceptors (Lipinski definition) is 6. The van der Waals surface area contributed by atoms with E-state index >= 15 is 0 Å². The van der Waals surface area contributed by atoms with Crippen LogP contribution in [-0.4, -0.2) is 51.1 Å². The van der Waals surface area contributed by atoms with Gasteiger partial charge in [-0.25, -0.2) is 4.79 Å². The molecule has 1 atom stereocenters. The highest BCUT2D eigenvalue weighted by molar-refractivity contribution is 7.21. The molecule has 1 aromatic carbocycles. The smallest absolute Gasteiger partial charge is 0.338 e. The molecule has 1 amide bonds. The van der Waals surface area contributed by atoms with Gasteiger partial charge < -0.3 is 25.0 Å². The summed E-state index contributed by atoms with van der Waals surface area (Å²) in [6.45, 7) is 3.79. The number of likely N-dealkylation sites (tertiary alicyclic amines) is 1. The first kappa shape index (κ1) is 21.4. The topological polar surface area (TPSA) is 111 Å². The number of carboxylic acids is 1. The van der Waals surface area contributed by atoms with E-state index in [9.17, 15) is 14.7 Å². The predicted molar refractivity (Wildman–Crippen MR) is 127 cm³/mol. The van der Waals surface area contributed by atoms with E-state index in [2.05, 4.69) is 4.98 Å². The predicted octanol–water partition coefficient (Wildman–Crippen LogP) is 4.01. The molecule has 0 saturated carbocycles. The van der Waals surface area contributed by atoms with Crippen LogP contribution >= 0.6 is 11.3 Å². The van der Waals surface area contributed by atoms with Crippen LogP contribution in [0.1, 0.15) is 32.1 Å². The second-order valence-corrected chi connectivity index (χ2v) is 9.43. The van der Waals surface area contributed by atoms with E-state index in [4.69, 9.17) is 10.5 Å². The SMILES string of the molecule is Cc1c(C(=O)O)c2ccc(Oc3ccnc4cc(C(=O)N5CCC(CN)C5)sc34)cc2n1C. The van der Waals surface area contributed by atoms with Crippen molar-refractivity contribution >= 4 is 44.3 Å². The van der Waals surface area contributed by atoms with Gasteiger partial charge in [-0.2, -0.15) is 0 Å². The highest BCUT2D eigenvalue weighted by Crippen LogP contribution is 2.37. The zero-order valence-corrected chi connectivity index (χ0v) is 19.2. The third kappa shape index (κ3) is 3.63. The third-order valence-electron chi connectivity index (χ3n) is 6.40. The minimum atomic E-state index is -0.950. The quantitative estimate of drug-likeness (QED) is 0.462. The molecule has 0 radical (unpaired) electrons. The lowest BCUT2D eigenvalue weighted by Crippen LogP contribution is -2.29. The van der Waals surface area contributed by atoms with Crippen molar-refractivity contribution in [1.29, 1.82) is 0 Å². The van der Waals surface area contributed by atoms with Crippen molar-refractivity contribution in [2.45, 2.75) is 13.3 Å². The van der Waals surface area contributed by atoms with Gasteiger partial charge in [0, 0.05) is 49.5 Å². The van der Waals surface area contributed by atoms with Crippen molar-refractivity contribution < 1.29 is 19.4 Å². The summed E-state index contributed by atoms with van der Waals surface area (Å²) in [6.07, 6.45) is 2.59. The maximum absolute atomic E-state index is 13.0. The van der Waals surface area contributed by atoms with Crippen molar-refractivity contribution in [2.24, 2.45) is 18.7 Å². The number of rotatable bonds is 5. The van der Waals surface area contributed by atoms with Gasteiger partial charge in [-0.15, -0.1) is 11.3 Å². The molecule has 170 valence electrons. The maximum atomic E-state index is 13.0. The van der Waals surface area contributed by atoms with Crippen molar-refractivity contribution in [3.8, 4) is 11.5 Å². The van der Waals surface area contributed by atoms with Gasteiger partial charge in [0.05, 0.1) is 26.2 Å². The number of fused-ring (bicyclic) bond motifs is 2. The number of nitrogens with zero attached hydrogens (tertiary/aromatic N) is 3. The number of carboxylic acid groups (broad SMARTS) is 1. The maximum Gasteiger partial charge on any atom is 0.338 e. The van der Waals surface area contributed by atoms with Crippen LogP contribution in [0.2, 0.25) is 0 Å². The number of aromatic nitrogens is 2. The minimum absolute atomic E-state index is 0.00167. The molecular weight excluding hydrogens is 440 g/mol. The van der Waals surface area contributed by atoms with Crippen LogP contribution in [0.15, 0.2) is 36.5 Å². The second-order valence-electron chi connectivity index (χ2n) is 8.38. The number of carbonyl (C=O) groups excluding carboxylic acids is 1. The van der Waals surface area contributed by atoms with E-state index in [-0.39, 0.29) is 5.91 Å². The molecule has 4 aromatic rings. The number of aromatic carboxylic acids is 1. The lowest BCUT2D eigenvalue weighted by molar-refractivity contribution is 0.0697. The Labute approximate surface area is 194 Å². The monoisotopic (exact) mass is 464 g/mol. The summed E-state index contributed by atoms with van der Waals surface area (Å²) in [5, 5.41) is 10.2. The van der Waals surface area contributed by atoms with Crippen LogP contribution in [0.3, 0.4) is 0 Å². The van der Waals surface area contributed by atoms with Gasteiger partial charge in [0.2, 0.25) is 0 Å². The van der Waals surface area contributed by atoms with E-state index in [1.165, 1.54) is 11.3 Å². The van der Waals surface area contributed by atoms with Crippen LogP contribution in [-0.2, 0) is 7.05 Å². The summed E-state index contributed by atoms with van der Waals surface area (Å²) in [4.78, 5) is 31.6. The first-order valence-electron chi connectivity index (χ1n) is 10.8. The van der Waals surface area contributed by atoms with E-state index in [0.717, 1.165) is 23.2 Å². The van der Waals surface area contributed by atoms with Crippen LogP contribution < -0.4 is 10.5 Å². The molecule has 4 heterocycles. The zero-order chi connectivity index (χ0) is 23.3. The Balaban J connectivity index is 1.47. The van der Waals surface area contributed by atoms with Gasteiger partial charge >= 0.3 is 5.97 Å². The van der Waals surface area contributed by atoms with Gasteiger partial charge in [-0.3, -0.25) is 9.78 Å². The van der Waals surface area contributed by atoms with Gasteiger partial charge in [0.25, 0.3) is 5.91 Å². The second kappa shape index (κ2) is 8.17. The minimum Gasteiger partial charge on any atom is -0.478 e. The summed E-state index contributed by atoms with van der Waals surface area (Å²) in [5.74, 6) is 0.599. The summed E-state index contributed by atoms with van der Waals surface area (Å²) >= 11 is 1.37. The molecule has 1 saturated heterocycles.